The lowest BCUT2D eigenvalue weighted by Gasteiger charge is -2.23. The van der Waals surface area contributed by atoms with E-state index < -0.39 is 0 Å². The van der Waals surface area contributed by atoms with Gasteiger partial charge < -0.3 is 20.1 Å². The molecule has 0 aromatic heterocycles. The first-order valence-corrected chi connectivity index (χ1v) is 7.74. The molecule has 0 saturated carbocycles. The molecular weight excluding hydrogens is 328 g/mol. The summed E-state index contributed by atoms with van der Waals surface area (Å²) in [6, 6.07) is 17.0. The third-order valence-electron chi connectivity index (χ3n) is 3.56. The zero-order valence-electron chi connectivity index (χ0n) is 13.2. The number of carbonyl (C=O) groups excluding carboxylic acids is 1. The molecule has 1 aliphatic rings. The van der Waals surface area contributed by atoms with Crippen LogP contribution in [0.15, 0.2) is 54.6 Å². The Labute approximate surface area is 147 Å². The Morgan fingerprint density at radius 1 is 1.17 bits per heavy atom. The fraction of sp³-hybridized carbons (Fsp3) is 0.278. The minimum Gasteiger partial charge on any atom is -0.455 e. The van der Waals surface area contributed by atoms with Crippen LogP contribution in [0.5, 0.6) is 11.5 Å². The summed E-state index contributed by atoms with van der Waals surface area (Å²) in [5.74, 6) is 1.30. The molecule has 1 fully saturated rings. The number of anilines is 1. The highest BCUT2D eigenvalue weighted by Crippen LogP contribution is 2.29. The van der Waals surface area contributed by atoms with Gasteiger partial charge in [-0.2, -0.15) is 0 Å². The van der Waals surface area contributed by atoms with Crippen molar-refractivity contribution in [1.82, 2.24) is 5.32 Å². The van der Waals surface area contributed by atoms with Crippen LogP contribution in [0, 0.1) is 0 Å². The molecule has 0 spiro atoms. The van der Waals surface area contributed by atoms with E-state index in [2.05, 4.69) is 10.6 Å². The molecular formula is C18H21ClN2O3. The molecule has 128 valence electrons. The summed E-state index contributed by atoms with van der Waals surface area (Å²) < 4.78 is 11.2. The van der Waals surface area contributed by atoms with E-state index in [0.29, 0.717) is 31.1 Å². The summed E-state index contributed by atoms with van der Waals surface area (Å²) >= 11 is 0. The van der Waals surface area contributed by atoms with Gasteiger partial charge in [0.05, 0.1) is 18.9 Å². The largest absolute Gasteiger partial charge is 0.455 e. The Bertz CT molecular complexity index is 646. The standard InChI is InChI=1S/C18H20N2O3.ClH/c21-18(12-14-13-22-11-10-19-14)20-16-8-4-5-9-17(16)23-15-6-2-1-3-7-15;/h1-9,14,19H,10-13H2,(H,20,21);1H. The number of halogens is 1. The summed E-state index contributed by atoms with van der Waals surface area (Å²) in [4.78, 5) is 12.2. The molecule has 1 aliphatic heterocycles. The van der Waals surface area contributed by atoms with E-state index in [1.807, 2.05) is 54.6 Å². The molecule has 3 rings (SSSR count). The molecule has 2 aromatic rings. The number of rotatable bonds is 5. The third kappa shape index (κ3) is 5.23. The van der Waals surface area contributed by atoms with Crippen molar-refractivity contribution in [3.63, 3.8) is 0 Å². The molecule has 2 aromatic carbocycles. The summed E-state index contributed by atoms with van der Waals surface area (Å²) in [7, 11) is 0. The quantitative estimate of drug-likeness (QED) is 0.871. The highest BCUT2D eigenvalue weighted by Gasteiger charge is 2.17. The Kier molecular flexibility index (Phi) is 7.06. The van der Waals surface area contributed by atoms with E-state index in [-0.39, 0.29) is 24.4 Å². The lowest BCUT2D eigenvalue weighted by atomic mass is 10.2. The molecule has 0 bridgehead atoms. The molecule has 0 radical (unpaired) electrons. The average molecular weight is 349 g/mol. The van der Waals surface area contributed by atoms with Crippen LogP contribution >= 0.6 is 12.4 Å². The monoisotopic (exact) mass is 348 g/mol. The maximum absolute atomic E-state index is 12.2. The molecule has 1 saturated heterocycles. The number of morpholine rings is 1. The van der Waals surface area contributed by atoms with Gasteiger partial charge in [-0.3, -0.25) is 4.79 Å². The number of benzene rings is 2. The van der Waals surface area contributed by atoms with E-state index in [1.54, 1.807) is 0 Å². The normalized spacial score (nSPS) is 16.8. The third-order valence-corrected chi connectivity index (χ3v) is 3.56. The smallest absolute Gasteiger partial charge is 0.226 e. The number of nitrogens with one attached hydrogen (secondary N) is 2. The first-order valence-electron chi connectivity index (χ1n) is 7.74. The molecule has 5 nitrogen and oxygen atoms in total. The van der Waals surface area contributed by atoms with Crippen molar-refractivity contribution >= 4 is 24.0 Å². The Morgan fingerprint density at radius 2 is 1.92 bits per heavy atom. The molecule has 1 amide bonds. The SMILES string of the molecule is Cl.O=C(CC1COCCN1)Nc1ccccc1Oc1ccccc1. The van der Waals surface area contributed by atoms with Crippen LogP contribution in [0.3, 0.4) is 0 Å². The molecule has 1 heterocycles. The van der Waals surface area contributed by atoms with Crippen LogP contribution in [-0.4, -0.2) is 31.7 Å². The van der Waals surface area contributed by atoms with Crippen molar-refractivity contribution in [2.75, 3.05) is 25.1 Å². The van der Waals surface area contributed by atoms with Gasteiger partial charge >= 0.3 is 0 Å². The first-order chi connectivity index (χ1) is 11.3. The van der Waals surface area contributed by atoms with Gasteiger partial charge in [0.15, 0.2) is 5.75 Å². The van der Waals surface area contributed by atoms with Crippen LogP contribution in [0.4, 0.5) is 5.69 Å². The molecule has 1 atom stereocenters. The van der Waals surface area contributed by atoms with Crippen LogP contribution in [0.1, 0.15) is 6.42 Å². The number of para-hydroxylation sites is 3. The average Bonchev–Trinajstić information content (AvgIpc) is 2.58. The van der Waals surface area contributed by atoms with Crippen LogP contribution < -0.4 is 15.4 Å². The summed E-state index contributed by atoms with van der Waals surface area (Å²) in [6.45, 7) is 2.05. The topological polar surface area (TPSA) is 59.6 Å². The zero-order valence-corrected chi connectivity index (χ0v) is 14.1. The lowest BCUT2D eigenvalue weighted by Crippen LogP contribution is -2.43. The predicted octanol–water partition coefficient (Wildman–Crippen LogP) is 3.22. The zero-order chi connectivity index (χ0) is 15.9. The van der Waals surface area contributed by atoms with E-state index in [0.717, 1.165) is 12.3 Å². The Hall–Kier alpha value is -2.08. The summed E-state index contributed by atoms with van der Waals surface area (Å²) in [5, 5.41) is 6.19. The van der Waals surface area contributed by atoms with E-state index in [1.165, 1.54) is 0 Å². The van der Waals surface area contributed by atoms with Gasteiger partial charge in [0.1, 0.15) is 5.75 Å². The molecule has 24 heavy (non-hydrogen) atoms. The summed E-state index contributed by atoms with van der Waals surface area (Å²) in [6.07, 6.45) is 0.375. The summed E-state index contributed by atoms with van der Waals surface area (Å²) in [5.41, 5.74) is 0.665. The number of hydrogen-bond donors (Lipinski definition) is 2. The van der Waals surface area contributed by atoms with Crippen LogP contribution in [-0.2, 0) is 9.53 Å². The van der Waals surface area contributed by atoms with Crippen molar-refractivity contribution in [3.05, 3.63) is 54.6 Å². The fourth-order valence-electron chi connectivity index (χ4n) is 2.45. The van der Waals surface area contributed by atoms with Gasteiger partial charge in [0.25, 0.3) is 0 Å². The second kappa shape index (κ2) is 9.27. The lowest BCUT2D eigenvalue weighted by molar-refractivity contribution is -0.117. The minimum atomic E-state index is -0.0582. The number of amides is 1. The Balaban J connectivity index is 0.00000208. The number of ether oxygens (including phenoxy) is 2. The van der Waals surface area contributed by atoms with E-state index in [4.69, 9.17) is 9.47 Å². The highest BCUT2D eigenvalue weighted by atomic mass is 35.5. The highest BCUT2D eigenvalue weighted by molar-refractivity contribution is 5.92. The first kappa shape index (κ1) is 18.3. The van der Waals surface area contributed by atoms with Crippen molar-refractivity contribution in [2.24, 2.45) is 0 Å². The minimum absolute atomic E-state index is 0. The van der Waals surface area contributed by atoms with Crippen molar-refractivity contribution < 1.29 is 14.3 Å². The van der Waals surface area contributed by atoms with Crippen molar-refractivity contribution in [2.45, 2.75) is 12.5 Å². The molecule has 1 unspecified atom stereocenters. The van der Waals surface area contributed by atoms with Gasteiger partial charge in [0.2, 0.25) is 5.91 Å². The second-order valence-corrected chi connectivity index (χ2v) is 5.39. The number of carbonyl (C=O) groups is 1. The Morgan fingerprint density at radius 3 is 2.67 bits per heavy atom. The van der Waals surface area contributed by atoms with Crippen LogP contribution in [0.25, 0.3) is 0 Å². The van der Waals surface area contributed by atoms with Gasteiger partial charge in [-0.15, -0.1) is 12.4 Å². The van der Waals surface area contributed by atoms with Gasteiger partial charge in [-0.25, -0.2) is 0 Å². The molecule has 0 aliphatic carbocycles. The maximum atomic E-state index is 12.2. The second-order valence-electron chi connectivity index (χ2n) is 5.39. The van der Waals surface area contributed by atoms with Gasteiger partial charge in [0, 0.05) is 19.0 Å². The van der Waals surface area contributed by atoms with Crippen LogP contribution in [0.2, 0.25) is 0 Å². The van der Waals surface area contributed by atoms with Crippen molar-refractivity contribution in [1.29, 1.82) is 0 Å². The molecule has 6 heteroatoms. The van der Waals surface area contributed by atoms with E-state index >= 15 is 0 Å². The van der Waals surface area contributed by atoms with E-state index in [9.17, 15) is 4.79 Å². The van der Waals surface area contributed by atoms with Gasteiger partial charge in [-0.05, 0) is 24.3 Å². The predicted molar refractivity (Wildman–Crippen MR) is 96.1 cm³/mol. The maximum Gasteiger partial charge on any atom is 0.226 e. The van der Waals surface area contributed by atoms with Gasteiger partial charge in [-0.1, -0.05) is 30.3 Å². The number of hydrogen-bond acceptors (Lipinski definition) is 4. The van der Waals surface area contributed by atoms with Crippen molar-refractivity contribution in [3.8, 4) is 11.5 Å². The molecule has 2 N–H and O–H groups in total. The fourth-order valence-corrected chi connectivity index (χ4v) is 2.45.